The lowest BCUT2D eigenvalue weighted by atomic mass is 10.4. The molecule has 0 aliphatic heterocycles. The summed E-state index contributed by atoms with van der Waals surface area (Å²) in [6.45, 7) is 2.67. The summed E-state index contributed by atoms with van der Waals surface area (Å²) in [5.41, 5.74) is 2.76. The van der Waals surface area contributed by atoms with Gasteiger partial charge in [-0.25, -0.2) is 15.0 Å². The van der Waals surface area contributed by atoms with E-state index in [-0.39, 0.29) is 0 Å². The molecule has 6 heteroatoms. The number of aromatic nitrogens is 4. The molecule has 0 radical (unpaired) electrons. The third-order valence-electron chi connectivity index (χ3n) is 2.69. The highest BCUT2D eigenvalue weighted by Gasteiger charge is 2.12. The van der Waals surface area contributed by atoms with E-state index in [1.54, 1.807) is 17.5 Å². The Labute approximate surface area is 113 Å². The van der Waals surface area contributed by atoms with Gasteiger partial charge in [-0.05, 0) is 19.1 Å². The largest absolute Gasteiger partial charge is 0.306 e. The minimum atomic E-state index is 0.374. The Balaban J connectivity index is 2.09. The summed E-state index contributed by atoms with van der Waals surface area (Å²) < 4.78 is 2.02. The summed E-state index contributed by atoms with van der Waals surface area (Å²) in [7, 11) is 0. The molecule has 0 saturated carbocycles. The van der Waals surface area contributed by atoms with E-state index in [2.05, 4.69) is 20.3 Å². The predicted octanol–water partition coefficient (Wildman–Crippen LogP) is 2.98. The lowest BCUT2D eigenvalue weighted by Gasteiger charge is -2.04. The molecule has 0 unspecified atom stereocenters. The maximum absolute atomic E-state index is 5.95. The first-order valence-corrected chi connectivity index (χ1v) is 6.96. The second kappa shape index (κ2) is 4.66. The van der Waals surface area contributed by atoms with E-state index in [0.29, 0.717) is 12.4 Å². The van der Waals surface area contributed by atoms with E-state index < -0.39 is 0 Å². The predicted molar refractivity (Wildman–Crippen MR) is 73.0 cm³/mol. The summed E-state index contributed by atoms with van der Waals surface area (Å²) >= 11 is 7.59. The number of alkyl halides is 1. The van der Waals surface area contributed by atoms with Crippen molar-refractivity contribution < 1.29 is 0 Å². The molecule has 3 aromatic heterocycles. The van der Waals surface area contributed by atoms with E-state index >= 15 is 0 Å². The standard InChI is InChI=1S/C12H11ClN4S/c1-8-15-9(7-18-8)6-17-11(5-13)16-10-3-2-4-14-12(10)17/h2-4,7H,5-6H2,1H3. The number of halogens is 1. The fourth-order valence-corrected chi connectivity index (χ4v) is 2.72. The van der Waals surface area contributed by atoms with Crippen LogP contribution in [0, 0.1) is 6.92 Å². The molecule has 18 heavy (non-hydrogen) atoms. The maximum Gasteiger partial charge on any atom is 0.160 e. The van der Waals surface area contributed by atoms with Gasteiger partial charge < -0.3 is 4.57 Å². The highest BCUT2D eigenvalue weighted by molar-refractivity contribution is 7.09. The summed E-state index contributed by atoms with van der Waals surface area (Å²) in [5.74, 6) is 1.20. The summed E-state index contributed by atoms with van der Waals surface area (Å²) in [6.07, 6.45) is 1.77. The Bertz CT molecular complexity index is 688. The van der Waals surface area contributed by atoms with Crippen LogP contribution in [0.5, 0.6) is 0 Å². The van der Waals surface area contributed by atoms with Crippen LogP contribution in [0.1, 0.15) is 16.5 Å². The highest BCUT2D eigenvalue weighted by atomic mass is 35.5. The topological polar surface area (TPSA) is 43.6 Å². The van der Waals surface area contributed by atoms with Gasteiger partial charge in [-0.3, -0.25) is 0 Å². The van der Waals surface area contributed by atoms with Gasteiger partial charge in [0.25, 0.3) is 0 Å². The molecule has 0 bridgehead atoms. The van der Waals surface area contributed by atoms with Crippen molar-refractivity contribution in [3.8, 4) is 0 Å². The molecule has 0 fully saturated rings. The van der Waals surface area contributed by atoms with Gasteiger partial charge in [0.05, 0.1) is 23.1 Å². The first-order valence-electron chi connectivity index (χ1n) is 5.55. The molecular weight excluding hydrogens is 268 g/mol. The quantitative estimate of drug-likeness (QED) is 0.692. The smallest absolute Gasteiger partial charge is 0.160 e. The number of nitrogens with zero attached hydrogens (tertiary/aromatic N) is 4. The number of hydrogen-bond acceptors (Lipinski definition) is 4. The molecule has 0 aliphatic carbocycles. The molecule has 0 N–H and O–H groups in total. The lowest BCUT2D eigenvalue weighted by molar-refractivity contribution is 0.753. The molecule has 0 amide bonds. The van der Waals surface area contributed by atoms with Crippen LogP contribution in [0.25, 0.3) is 11.2 Å². The summed E-state index contributed by atoms with van der Waals surface area (Å²) in [5, 5.41) is 3.12. The first kappa shape index (κ1) is 11.6. The second-order valence-electron chi connectivity index (χ2n) is 3.95. The van der Waals surface area contributed by atoms with Crippen LogP contribution in [-0.2, 0) is 12.4 Å². The third-order valence-corrected chi connectivity index (χ3v) is 3.75. The molecule has 0 aromatic carbocycles. The number of thiazole rings is 1. The molecule has 0 saturated heterocycles. The number of fused-ring (bicyclic) bond motifs is 1. The van der Waals surface area contributed by atoms with Crippen molar-refractivity contribution >= 4 is 34.1 Å². The van der Waals surface area contributed by atoms with Crippen LogP contribution in [0.2, 0.25) is 0 Å². The van der Waals surface area contributed by atoms with Gasteiger partial charge >= 0.3 is 0 Å². The number of pyridine rings is 1. The summed E-state index contributed by atoms with van der Waals surface area (Å²) in [4.78, 5) is 13.3. The molecule has 4 nitrogen and oxygen atoms in total. The second-order valence-corrected chi connectivity index (χ2v) is 5.28. The normalized spacial score (nSPS) is 11.2. The Morgan fingerprint density at radius 3 is 3.00 bits per heavy atom. The van der Waals surface area contributed by atoms with Crippen LogP contribution in [0.3, 0.4) is 0 Å². The SMILES string of the molecule is Cc1nc(Cn2c(CCl)nc3cccnc32)cs1. The van der Waals surface area contributed by atoms with Crippen molar-refractivity contribution in [2.24, 2.45) is 0 Å². The Hall–Kier alpha value is -1.46. The lowest BCUT2D eigenvalue weighted by Crippen LogP contribution is -2.05. The molecule has 0 spiro atoms. The number of rotatable bonds is 3. The van der Waals surface area contributed by atoms with Crippen LogP contribution in [0.4, 0.5) is 0 Å². The summed E-state index contributed by atoms with van der Waals surface area (Å²) in [6, 6.07) is 3.83. The Kier molecular flexibility index (Phi) is 3.01. The van der Waals surface area contributed by atoms with Crippen molar-refractivity contribution in [2.45, 2.75) is 19.3 Å². The fraction of sp³-hybridized carbons (Fsp3) is 0.250. The van der Waals surface area contributed by atoms with E-state index in [0.717, 1.165) is 27.7 Å². The zero-order valence-electron chi connectivity index (χ0n) is 9.80. The van der Waals surface area contributed by atoms with Crippen LogP contribution >= 0.6 is 22.9 Å². The number of hydrogen-bond donors (Lipinski definition) is 0. The molecule has 3 rings (SSSR count). The van der Waals surface area contributed by atoms with Crippen LogP contribution < -0.4 is 0 Å². The van der Waals surface area contributed by atoms with Crippen molar-refractivity contribution in [2.75, 3.05) is 0 Å². The average molecular weight is 279 g/mol. The molecular formula is C12H11ClN4S. The maximum atomic E-state index is 5.95. The van der Waals surface area contributed by atoms with Gasteiger partial charge in [0.15, 0.2) is 5.65 Å². The minimum Gasteiger partial charge on any atom is -0.306 e. The van der Waals surface area contributed by atoms with E-state index in [4.69, 9.17) is 11.6 Å². The average Bonchev–Trinajstić information content (AvgIpc) is 2.94. The van der Waals surface area contributed by atoms with E-state index in [1.807, 2.05) is 23.6 Å². The fourth-order valence-electron chi connectivity index (χ4n) is 1.92. The van der Waals surface area contributed by atoms with Gasteiger partial charge in [-0.15, -0.1) is 22.9 Å². The van der Waals surface area contributed by atoms with Crippen LogP contribution in [-0.4, -0.2) is 19.5 Å². The molecule has 0 aliphatic rings. The van der Waals surface area contributed by atoms with Gasteiger partial charge in [0.2, 0.25) is 0 Å². The molecule has 3 heterocycles. The third kappa shape index (κ3) is 2.00. The first-order chi connectivity index (χ1) is 8.78. The van der Waals surface area contributed by atoms with Gasteiger partial charge in [0, 0.05) is 11.6 Å². The molecule has 3 aromatic rings. The Morgan fingerprint density at radius 1 is 1.39 bits per heavy atom. The number of aryl methyl sites for hydroxylation is 1. The Morgan fingerprint density at radius 2 is 2.28 bits per heavy atom. The molecule has 92 valence electrons. The molecule has 0 atom stereocenters. The van der Waals surface area contributed by atoms with Crippen molar-refractivity contribution in [3.63, 3.8) is 0 Å². The monoisotopic (exact) mass is 278 g/mol. The van der Waals surface area contributed by atoms with Crippen molar-refractivity contribution in [1.29, 1.82) is 0 Å². The van der Waals surface area contributed by atoms with Gasteiger partial charge in [0.1, 0.15) is 11.3 Å². The van der Waals surface area contributed by atoms with Crippen molar-refractivity contribution in [1.82, 2.24) is 19.5 Å². The number of imidazole rings is 1. The van der Waals surface area contributed by atoms with Gasteiger partial charge in [-0.1, -0.05) is 0 Å². The van der Waals surface area contributed by atoms with E-state index in [1.165, 1.54) is 0 Å². The van der Waals surface area contributed by atoms with Crippen LogP contribution in [0.15, 0.2) is 23.7 Å². The highest BCUT2D eigenvalue weighted by Crippen LogP contribution is 2.18. The zero-order valence-corrected chi connectivity index (χ0v) is 11.4. The van der Waals surface area contributed by atoms with Crippen molar-refractivity contribution in [3.05, 3.63) is 40.2 Å². The zero-order chi connectivity index (χ0) is 12.5. The van der Waals surface area contributed by atoms with Gasteiger partial charge in [-0.2, -0.15) is 0 Å². The minimum absolute atomic E-state index is 0.374. The van der Waals surface area contributed by atoms with E-state index in [9.17, 15) is 0 Å².